The van der Waals surface area contributed by atoms with Gasteiger partial charge in [0.15, 0.2) is 0 Å². The lowest BCUT2D eigenvalue weighted by atomic mass is 10.0. The molecule has 0 saturated heterocycles. The van der Waals surface area contributed by atoms with E-state index in [1.165, 1.54) is 16.7 Å². The molecule has 2 nitrogen and oxygen atoms in total. The van der Waals surface area contributed by atoms with E-state index in [4.69, 9.17) is 10.5 Å². The fourth-order valence-electron chi connectivity index (χ4n) is 2.33. The molecule has 0 heterocycles. The Labute approximate surface area is 121 Å². The van der Waals surface area contributed by atoms with Gasteiger partial charge in [-0.1, -0.05) is 54.6 Å². The Morgan fingerprint density at radius 3 is 2.45 bits per heavy atom. The van der Waals surface area contributed by atoms with Crippen molar-refractivity contribution in [1.82, 2.24) is 0 Å². The maximum atomic E-state index is 6.16. The van der Waals surface area contributed by atoms with E-state index in [1.807, 2.05) is 18.2 Å². The van der Waals surface area contributed by atoms with E-state index in [-0.39, 0.29) is 6.04 Å². The summed E-state index contributed by atoms with van der Waals surface area (Å²) in [5, 5.41) is 0. The van der Waals surface area contributed by atoms with Crippen molar-refractivity contribution in [2.24, 2.45) is 5.73 Å². The number of hydrogen-bond donors (Lipinski definition) is 1. The highest BCUT2D eigenvalue weighted by Crippen LogP contribution is 2.15. The molecule has 0 aliphatic carbocycles. The molecule has 1 unspecified atom stereocenters. The predicted octanol–water partition coefficient (Wildman–Crippen LogP) is 3.64. The monoisotopic (exact) mass is 269 g/mol. The first kappa shape index (κ1) is 14.8. The Balaban J connectivity index is 1.67. The van der Waals surface area contributed by atoms with Crippen LogP contribution in [0.4, 0.5) is 0 Å². The summed E-state index contributed by atoms with van der Waals surface area (Å²) >= 11 is 0. The molecule has 2 aromatic carbocycles. The first-order valence-electron chi connectivity index (χ1n) is 7.20. The third kappa shape index (κ3) is 4.48. The van der Waals surface area contributed by atoms with Crippen LogP contribution in [0.25, 0.3) is 0 Å². The quantitative estimate of drug-likeness (QED) is 0.779. The zero-order valence-electron chi connectivity index (χ0n) is 12.1. The van der Waals surface area contributed by atoms with E-state index in [0.29, 0.717) is 6.61 Å². The highest BCUT2D eigenvalue weighted by Gasteiger charge is 2.08. The summed E-state index contributed by atoms with van der Waals surface area (Å²) < 4.78 is 5.70. The van der Waals surface area contributed by atoms with E-state index >= 15 is 0 Å². The molecule has 2 heteroatoms. The molecule has 2 rings (SSSR count). The molecule has 2 aromatic rings. The van der Waals surface area contributed by atoms with Crippen molar-refractivity contribution in [1.29, 1.82) is 0 Å². The molecule has 0 spiro atoms. The van der Waals surface area contributed by atoms with Crippen molar-refractivity contribution in [3.63, 3.8) is 0 Å². The Morgan fingerprint density at radius 1 is 1.00 bits per heavy atom. The fourth-order valence-corrected chi connectivity index (χ4v) is 2.33. The molecule has 0 saturated carbocycles. The summed E-state index contributed by atoms with van der Waals surface area (Å²) in [5.41, 5.74) is 9.93. The third-order valence-corrected chi connectivity index (χ3v) is 3.48. The minimum absolute atomic E-state index is 0.0343. The van der Waals surface area contributed by atoms with Crippen LogP contribution in [0.15, 0.2) is 54.6 Å². The number of ether oxygens (including phenoxy) is 1. The molecular weight excluding hydrogens is 246 g/mol. The van der Waals surface area contributed by atoms with E-state index < -0.39 is 0 Å². The Kier molecular flexibility index (Phi) is 5.78. The number of hydrogen-bond acceptors (Lipinski definition) is 2. The lowest BCUT2D eigenvalue weighted by Crippen LogP contribution is -2.18. The molecule has 2 N–H and O–H groups in total. The third-order valence-electron chi connectivity index (χ3n) is 3.48. The van der Waals surface area contributed by atoms with Crippen LogP contribution in [0.1, 0.15) is 29.2 Å². The summed E-state index contributed by atoms with van der Waals surface area (Å²) in [4.78, 5) is 0. The van der Waals surface area contributed by atoms with Gasteiger partial charge in [0.05, 0.1) is 12.6 Å². The second kappa shape index (κ2) is 7.83. The predicted molar refractivity (Wildman–Crippen MR) is 83.7 cm³/mol. The van der Waals surface area contributed by atoms with Crippen molar-refractivity contribution in [2.45, 2.75) is 25.8 Å². The first-order valence-corrected chi connectivity index (χ1v) is 7.20. The van der Waals surface area contributed by atoms with Crippen LogP contribution in [-0.4, -0.2) is 13.2 Å². The number of rotatable bonds is 7. The van der Waals surface area contributed by atoms with Crippen molar-refractivity contribution < 1.29 is 4.74 Å². The van der Waals surface area contributed by atoms with Gasteiger partial charge in [-0.05, 0) is 36.5 Å². The van der Waals surface area contributed by atoms with Crippen LogP contribution >= 0.6 is 0 Å². The van der Waals surface area contributed by atoms with Gasteiger partial charge in [0, 0.05) is 6.61 Å². The fraction of sp³-hybridized carbons (Fsp3) is 0.333. The molecule has 106 valence electrons. The summed E-state index contributed by atoms with van der Waals surface area (Å²) in [6, 6.07) is 18.7. The maximum Gasteiger partial charge on any atom is 0.0659 e. The number of benzene rings is 2. The Morgan fingerprint density at radius 2 is 1.70 bits per heavy atom. The number of aryl methyl sites for hydroxylation is 2. The average Bonchev–Trinajstić information content (AvgIpc) is 2.48. The van der Waals surface area contributed by atoms with Crippen LogP contribution in [0.3, 0.4) is 0 Å². The van der Waals surface area contributed by atoms with E-state index in [0.717, 1.165) is 19.4 Å². The SMILES string of the molecule is Cc1ccccc1C(N)COCCCc1ccccc1. The summed E-state index contributed by atoms with van der Waals surface area (Å²) in [6.07, 6.45) is 2.09. The average molecular weight is 269 g/mol. The normalized spacial score (nSPS) is 12.3. The molecule has 0 bridgehead atoms. The molecule has 1 atom stereocenters. The van der Waals surface area contributed by atoms with E-state index in [9.17, 15) is 0 Å². The highest BCUT2D eigenvalue weighted by molar-refractivity contribution is 5.28. The van der Waals surface area contributed by atoms with Crippen LogP contribution < -0.4 is 5.73 Å². The van der Waals surface area contributed by atoms with Gasteiger partial charge < -0.3 is 10.5 Å². The smallest absolute Gasteiger partial charge is 0.0659 e. The largest absolute Gasteiger partial charge is 0.379 e. The van der Waals surface area contributed by atoms with Crippen molar-refractivity contribution in [3.8, 4) is 0 Å². The van der Waals surface area contributed by atoms with Crippen LogP contribution in [0.5, 0.6) is 0 Å². The Hall–Kier alpha value is -1.64. The Bertz CT molecular complexity index is 510. The lowest BCUT2D eigenvalue weighted by Gasteiger charge is -2.15. The van der Waals surface area contributed by atoms with Gasteiger partial charge in [-0.2, -0.15) is 0 Å². The molecule has 0 fully saturated rings. The number of nitrogens with two attached hydrogens (primary N) is 1. The topological polar surface area (TPSA) is 35.2 Å². The second-order valence-corrected chi connectivity index (χ2v) is 5.13. The van der Waals surface area contributed by atoms with E-state index in [1.54, 1.807) is 0 Å². The van der Waals surface area contributed by atoms with Gasteiger partial charge in [-0.25, -0.2) is 0 Å². The van der Waals surface area contributed by atoms with Gasteiger partial charge in [-0.15, -0.1) is 0 Å². The molecule has 0 aromatic heterocycles. The molecule has 0 aliphatic rings. The minimum atomic E-state index is -0.0343. The van der Waals surface area contributed by atoms with Gasteiger partial charge in [0.1, 0.15) is 0 Å². The van der Waals surface area contributed by atoms with Gasteiger partial charge >= 0.3 is 0 Å². The molecular formula is C18H23NO. The molecule has 0 radical (unpaired) electrons. The van der Waals surface area contributed by atoms with Crippen molar-refractivity contribution in [2.75, 3.05) is 13.2 Å². The zero-order chi connectivity index (χ0) is 14.2. The van der Waals surface area contributed by atoms with Crippen LogP contribution in [0.2, 0.25) is 0 Å². The van der Waals surface area contributed by atoms with Gasteiger partial charge in [0.2, 0.25) is 0 Å². The zero-order valence-corrected chi connectivity index (χ0v) is 12.1. The summed E-state index contributed by atoms with van der Waals surface area (Å²) in [7, 11) is 0. The summed E-state index contributed by atoms with van der Waals surface area (Å²) in [5.74, 6) is 0. The van der Waals surface area contributed by atoms with Gasteiger partial charge in [0.25, 0.3) is 0 Å². The van der Waals surface area contributed by atoms with Crippen LogP contribution in [0, 0.1) is 6.92 Å². The minimum Gasteiger partial charge on any atom is -0.379 e. The lowest BCUT2D eigenvalue weighted by molar-refractivity contribution is 0.119. The van der Waals surface area contributed by atoms with Crippen LogP contribution in [-0.2, 0) is 11.2 Å². The highest BCUT2D eigenvalue weighted by atomic mass is 16.5. The molecule has 0 amide bonds. The van der Waals surface area contributed by atoms with Crippen molar-refractivity contribution in [3.05, 3.63) is 71.3 Å². The standard InChI is InChI=1S/C18H23NO/c1-15-8-5-6-12-17(15)18(19)14-20-13-7-11-16-9-3-2-4-10-16/h2-6,8-10,12,18H,7,11,13-14,19H2,1H3. The summed E-state index contributed by atoms with van der Waals surface area (Å²) in [6.45, 7) is 3.43. The molecule has 20 heavy (non-hydrogen) atoms. The molecule has 0 aliphatic heterocycles. The second-order valence-electron chi connectivity index (χ2n) is 5.13. The van der Waals surface area contributed by atoms with Crippen molar-refractivity contribution >= 4 is 0 Å². The first-order chi connectivity index (χ1) is 9.77. The van der Waals surface area contributed by atoms with E-state index in [2.05, 4.69) is 43.3 Å². The maximum absolute atomic E-state index is 6.16. The van der Waals surface area contributed by atoms with Gasteiger partial charge in [-0.3, -0.25) is 0 Å².